The minimum Gasteiger partial charge on any atom is -0.207 e. The summed E-state index contributed by atoms with van der Waals surface area (Å²) in [6.07, 6.45) is 0.165. The van der Waals surface area contributed by atoms with Crippen molar-refractivity contribution in [1.82, 2.24) is 0 Å². The van der Waals surface area contributed by atoms with E-state index in [4.69, 9.17) is 11.6 Å². The van der Waals surface area contributed by atoms with Crippen LogP contribution in [0.2, 0.25) is 5.02 Å². The van der Waals surface area contributed by atoms with Gasteiger partial charge in [-0.2, -0.15) is 0 Å². The van der Waals surface area contributed by atoms with E-state index in [0.717, 1.165) is 0 Å². The van der Waals surface area contributed by atoms with E-state index in [0.29, 0.717) is 10.6 Å². The quantitative estimate of drug-likeness (QED) is 0.735. The summed E-state index contributed by atoms with van der Waals surface area (Å²) in [5, 5.41) is 0.519. The number of hydrogen-bond acceptors (Lipinski definition) is 0. The first-order valence-electron chi connectivity index (χ1n) is 4.85. The third-order valence-electron chi connectivity index (χ3n) is 2.39. The zero-order valence-electron chi connectivity index (χ0n) is 8.38. The molecule has 2 rings (SSSR count). The van der Waals surface area contributed by atoms with Crippen molar-refractivity contribution in [2.24, 2.45) is 0 Å². The van der Waals surface area contributed by atoms with Gasteiger partial charge in [0, 0.05) is 17.0 Å². The molecule has 0 unspecified atom stereocenters. The van der Waals surface area contributed by atoms with Gasteiger partial charge in [-0.1, -0.05) is 35.9 Å². The third kappa shape index (κ3) is 2.22. The molecule has 0 saturated carbocycles. The normalized spacial score (nSPS) is 10.4. The van der Waals surface area contributed by atoms with Crippen molar-refractivity contribution < 1.29 is 8.78 Å². The molecule has 16 heavy (non-hydrogen) atoms. The average molecular weight is 239 g/mol. The fourth-order valence-electron chi connectivity index (χ4n) is 1.53. The van der Waals surface area contributed by atoms with E-state index in [9.17, 15) is 8.78 Å². The molecule has 0 radical (unpaired) electrons. The largest absolute Gasteiger partial charge is 0.207 e. The average Bonchev–Trinajstić information content (AvgIpc) is 2.26. The molecule has 0 amide bonds. The van der Waals surface area contributed by atoms with Crippen LogP contribution in [-0.4, -0.2) is 0 Å². The fraction of sp³-hybridized carbons (Fsp3) is 0.0769. The molecule has 82 valence electrons. The lowest BCUT2D eigenvalue weighted by Gasteiger charge is -2.06. The van der Waals surface area contributed by atoms with Crippen molar-refractivity contribution >= 4 is 11.6 Å². The summed E-state index contributed by atoms with van der Waals surface area (Å²) in [5.74, 6) is -1.08. The Morgan fingerprint density at radius 3 is 2.12 bits per heavy atom. The summed E-state index contributed by atoms with van der Waals surface area (Å²) >= 11 is 5.93. The number of rotatable bonds is 2. The lowest BCUT2D eigenvalue weighted by atomic mass is 10.0. The van der Waals surface area contributed by atoms with Gasteiger partial charge in [-0.3, -0.25) is 0 Å². The molecule has 0 aliphatic carbocycles. The Morgan fingerprint density at radius 2 is 1.50 bits per heavy atom. The molecule has 0 fully saturated rings. The standard InChI is InChI=1S/C13H9ClF2/c14-11-5-2-1-4-9(11)8-10-12(15)6-3-7-13(10)16/h1-7H,8H2. The number of hydrogen-bond donors (Lipinski definition) is 0. The van der Waals surface area contributed by atoms with Gasteiger partial charge in [-0.25, -0.2) is 8.78 Å². The maximum absolute atomic E-state index is 13.4. The van der Waals surface area contributed by atoms with Gasteiger partial charge < -0.3 is 0 Å². The summed E-state index contributed by atoms with van der Waals surface area (Å²) < 4.78 is 26.8. The van der Waals surface area contributed by atoms with Crippen molar-refractivity contribution in [2.45, 2.75) is 6.42 Å². The van der Waals surface area contributed by atoms with Gasteiger partial charge in [0.15, 0.2) is 0 Å². The topological polar surface area (TPSA) is 0 Å². The van der Waals surface area contributed by atoms with Gasteiger partial charge in [-0.15, -0.1) is 0 Å². The van der Waals surface area contributed by atoms with Gasteiger partial charge in [0.2, 0.25) is 0 Å². The zero-order valence-corrected chi connectivity index (χ0v) is 9.14. The molecule has 2 aromatic carbocycles. The summed E-state index contributed by atoms with van der Waals surface area (Å²) in [5.41, 5.74) is 0.767. The van der Waals surface area contributed by atoms with Crippen LogP contribution >= 0.6 is 11.6 Å². The number of halogens is 3. The first-order valence-corrected chi connectivity index (χ1v) is 5.22. The van der Waals surface area contributed by atoms with Crippen molar-refractivity contribution in [2.75, 3.05) is 0 Å². The van der Waals surface area contributed by atoms with Crippen LogP contribution < -0.4 is 0 Å². The summed E-state index contributed by atoms with van der Waals surface area (Å²) in [7, 11) is 0. The van der Waals surface area contributed by atoms with Gasteiger partial charge >= 0.3 is 0 Å². The SMILES string of the molecule is Fc1cccc(F)c1Cc1ccccc1Cl. The molecule has 3 heteroatoms. The van der Waals surface area contributed by atoms with Crippen molar-refractivity contribution in [3.8, 4) is 0 Å². The van der Waals surface area contributed by atoms with Crippen LogP contribution in [0.5, 0.6) is 0 Å². The molecule has 0 spiro atoms. The van der Waals surface area contributed by atoms with E-state index in [1.54, 1.807) is 24.3 Å². The third-order valence-corrected chi connectivity index (χ3v) is 2.76. The van der Waals surface area contributed by atoms with E-state index in [-0.39, 0.29) is 12.0 Å². The smallest absolute Gasteiger partial charge is 0.129 e. The summed E-state index contributed by atoms with van der Waals surface area (Å²) in [4.78, 5) is 0. The predicted molar refractivity (Wildman–Crippen MR) is 60.6 cm³/mol. The van der Waals surface area contributed by atoms with Gasteiger partial charge in [0.05, 0.1) is 0 Å². The molecule has 0 heterocycles. The van der Waals surface area contributed by atoms with E-state index < -0.39 is 11.6 Å². The molecule has 0 aromatic heterocycles. The van der Waals surface area contributed by atoms with Crippen molar-refractivity contribution in [3.05, 3.63) is 70.2 Å². The molecule has 0 aliphatic rings. The molecule has 2 aromatic rings. The van der Waals surface area contributed by atoms with E-state index in [1.807, 2.05) is 0 Å². The zero-order chi connectivity index (χ0) is 11.5. The maximum Gasteiger partial charge on any atom is 0.129 e. The molecule has 0 aliphatic heterocycles. The lowest BCUT2D eigenvalue weighted by Crippen LogP contribution is -1.97. The van der Waals surface area contributed by atoms with Crippen LogP contribution in [0.3, 0.4) is 0 Å². The van der Waals surface area contributed by atoms with Gasteiger partial charge in [-0.05, 0) is 23.8 Å². The van der Waals surface area contributed by atoms with Gasteiger partial charge in [0.1, 0.15) is 11.6 Å². The van der Waals surface area contributed by atoms with Crippen LogP contribution in [0.15, 0.2) is 42.5 Å². The highest BCUT2D eigenvalue weighted by molar-refractivity contribution is 6.31. The Labute approximate surface area is 97.5 Å². The van der Waals surface area contributed by atoms with Crippen LogP contribution in [0.25, 0.3) is 0 Å². The molecule has 0 atom stereocenters. The molecule has 0 nitrogen and oxygen atoms in total. The Bertz CT molecular complexity index is 489. The second-order valence-corrected chi connectivity index (χ2v) is 3.88. The van der Waals surface area contributed by atoms with E-state index in [2.05, 4.69) is 0 Å². The molecule has 0 bridgehead atoms. The Kier molecular flexibility index (Phi) is 3.20. The lowest BCUT2D eigenvalue weighted by molar-refractivity contribution is 0.561. The van der Waals surface area contributed by atoms with Crippen LogP contribution in [0.1, 0.15) is 11.1 Å². The van der Waals surface area contributed by atoms with Crippen molar-refractivity contribution in [1.29, 1.82) is 0 Å². The first-order chi connectivity index (χ1) is 7.68. The monoisotopic (exact) mass is 238 g/mol. The fourth-order valence-corrected chi connectivity index (χ4v) is 1.74. The minimum atomic E-state index is -0.542. The molecule has 0 N–H and O–H groups in total. The van der Waals surface area contributed by atoms with Crippen LogP contribution in [0, 0.1) is 11.6 Å². The first kappa shape index (κ1) is 11.1. The highest BCUT2D eigenvalue weighted by atomic mass is 35.5. The second-order valence-electron chi connectivity index (χ2n) is 3.47. The predicted octanol–water partition coefficient (Wildman–Crippen LogP) is 4.21. The summed E-state index contributed by atoms with van der Waals surface area (Å²) in [6.45, 7) is 0. The Hall–Kier alpha value is -1.41. The minimum absolute atomic E-state index is 0.0515. The maximum atomic E-state index is 13.4. The second kappa shape index (κ2) is 4.62. The summed E-state index contributed by atoms with van der Waals surface area (Å²) in [6, 6.07) is 10.9. The highest BCUT2D eigenvalue weighted by Crippen LogP contribution is 2.22. The van der Waals surface area contributed by atoms with Crippen LogP contribution in [-0.2, 0) is 6.42 Å². The van der Waals surface area contributed by atoms with E-state index in [1.165, 1.54) is 18.2 Å². The highest BCUT2D eigenvalue weighted by Gasteiger charge is 2.10. The Morgan fingerprint density at radius 1 is 0.875 bits per heavy atom. The van der Waals surface area contributed by atoms with Crippen LogP contribution in [0.4, 0.5) is 8.78 Å². The molecule has 0 saturated heterocycles. The molecular formula is C13H9ClF2. The van der Waals surface area contributed by atoms with Gasteiger partial charge in [0.25, 0.3) is 0 Å². The van der Waals surface area contributed by atoms with E-state index >= 15 is 0 Å². The van der Waals surface area contributed by atoms with Crippen molar-refractivity contribution in [3.63, 3.8) is 0 Å². The molecular weight excluding hydrogens is 230 g/mol. The number of benzene rings is 2. The Balaban J connectivity index is 2.38.